The van der Waals surface area contributed by atoms with Crippen LogP contribution in [0.25, 0.3) is 0 Å². The summed E-state index contributed by atoms with van der Waals surface area (Å²) in [5.74, 6) is 0. The molecule has 17 heavy (non-hydrogen) atoms. The number of likely N-dealkylation sites (N-methyl/N-ethyl adjacent to an activating group) is 1. The van der Waals surface area contributed by atoms with E-state index in [4.69, 9.17) is 4.74 Å². The topological polar surface area (TPSA) is 44.8 Å². The first-order valence-corrected chi connectivity index (χ1v) is 6.66. The molecule has 0 bridgehead atoms. The lowest BCUT2D eigenvalue weighted by atomic mass is 10.2. The van der Waals surface area contributed by atoms with E-state index in [1.165, 1.54) is 19.4 Å². The summed E-state index contributed by atoms with van der Waals surface area (Å²) in [5.41, 5.74) is 0. The third-order valence-electron chi connectivity index (χ3n) is 3.69. The number of nitrogens with zero attached hydrogens (tertiary/aromatic N) is 2. The maximum Gasteiger partial charge on any atom is 0.317 e. The van der Waals surface area contributed by atoms with Gasteiger partial charge in [0, 0.05) is 25.7 Å². The number of hydrogen-bond donors (Lipinski definition) is 1. The van der Waals surface area contributed by atoms with Gasteiger partial charge in [0.2, 0.25) is 0 Å². The molecular weight excluding hydrogens is 218 g/mol. The van der Waals surface area contributed by atoms with Gasteiger partial charge >= 0.3 is 6.03 Å². The van der Waals surface area contributed by atoms with Crippen molar-refractivity contribution in [2.45, 2.75) is 25.8 Å². The Bertz CT molecular complexity index is 254. The van der Waals surface area contributed by atoms with Gasteiger partial charge in [0.25, 0.3) is 0 Å². The lowest BCUT2D eigenvalue weighted by molar-refractivity contribution is 0.0528. The molecule has 2 amide bonds. The van der Waals surface area contributed by atoms with Gasteiger partial charge in [-0.05, 0) is 25.9 Å². The summed E-state index contributed by atoms with van der Waals surface area (Å²) in [6.07, 6.45) is 2.46. The molecule has 5 nitrogen and oxygen atoms in total. The number of carbonyl (C=O) groups excluding carboxylic acids is 1. The highest BCUT2D eigenvalue weighted by molar-refractivity contribution is 5.74. The van der Waals surface area contributed by atoms with Crippen LogP contribution >= 0.6 is 0 Å². The number of carbonyl (C=O) groups is 1. The smallest absolute Gasteiger partial charge is 0.317 e. The van der Waals surface area contributed by atoms with Crippen LogP contribution in [0.5, 0.6) is 0 Å². The summed E-state index contributed by atoms with van der Waals surface area (Å²) in [6.45, 7) is 7.98. The van der Waals surface area contributed by atoms with Crippen LogP contribution in [0.1, 0.15) is 19.8 Å². The lowest BCUT2D eigenvalue weighted by Crippen LogP contribution is -2.49. The van der Waals surface area contributed by atoms with E-state index >= 15 is 0 Å². The quantitative estimate of drug-likeness (QED) is 0.783. The van der Waals surface area contributed by atoms with Gasteiger partial charge in [-0.3, -0.25) is 4.90 Å². The van der Waals surface area contributed by atoms with Gasteiger partial charge in [-0.25, -0.2) is 4.79 Å². The number of hydrogen-bond acceptors (Lipinski definition) is 3. The van der Waals surface area contributed by atoms with Crippen LogP contribution in [0.4, 0.5) is 4.79 Å². The predicted octanol–water partition coefficient (Wildman–Crippen LogP) is 0.513. The SMILES string of the molecule is CCN1CCCC1CNC(=O)N1CCOCC1. The van der Waals surface area contributed by atoms with Crippen molar-refractivity contribution in [2.75, 3.05) is 45.9 Å². The Labute approximate surface area is 103 Å². The largest absolute Gasteiger partial charge is 0.378 e. The van der Waals surface area contributed by atoms with Crippen LogP contribution < -0.4 is 5.32 Å². The summed E-state index contributed by atoms with van der Waals surface area (Å²) in [5, 5.41) is 3.05. The molecule has 98 valence electrons. The Hall–Kier alpha value is -0.810. The van der Waals surface area contributed by atoms with E-state index in [1.54, 1.807) is 0 Å². The molecule has 2 aliphatic rings. The van der Waals surface area contributed by atoms with Crippen LogP contribution in [0.2, 0.25) is 0 Å². The molecule has 0 aliphatic carbocycles. The molecule has 0 saturated carbocycles. The van der Waals surface area contributed by atoms with Crippen LogP contribution in [-0.4, -0.2) is 67.8 Å². The molecule has 0 aromatic heterocycles. The molecule has 1 N–H and O–H groups in total. The summed E-state index contributed by atoms with van der Waals surface area (Å²) < 4.78 is 5.23. The number of amides is 2. The molecule has 0 radical (unpaired) electrons. The van der Waals surface area contributed by atoms with E-state index < -0.39 is 0 Å². The zero-order valence-electron chi connectivity index (χ0n) is 10.7. The van der Waals surface area contributed by atoms with Crippen molar-refractivity contribution in [2.24, 2.45) is 0 Å². The van der Waals surface area contributed by atoms with Crippen LogP contribution in [0, 0.1) is 0 Å². The van der Waals surface area contributed by atoms with Crippen molar-refractivity contribution >= 4 is 6.03 Å². The van der Waals surface area contributed by atoms with E-state index in [1.807, 2.05) is 4.90 Å². The van der Waals surface area contributed by atoms with Gasteiger partial charge in [-0.2, -0.15) is 0 Å². The van der Waals surface area contributed by atoms with Crippen molar-refractivity contribution in [3.05, 3.63) is 0 Å². The summed E-state index contributed by atoms with van der Waals surface area (Å²) in [7, 11) is 0. The summed E-state index contributed by atoms with van der Waals surface area (Å²) >= 11 is 0. The van der Waals surface area contributed by atoms with Crippen LogP contribution in [0.3, 0.4) is 0 Å². The fourth-order valence-electron chi connectivity index (χ4n) is 2.63. The second-order valence-corrected chi connectivity index (χ2v) is 4.71. The van der Waals surface area contributed by atoms with Crippen LogP contribution in [-0.2, 0) is 4.74 Å². The fraction of sp³-hybridized carbons (Fsp3) is 0.917. The van der Waals surface area contributed by atoms with E-state index in [9.17, 15) is 4.79 Å². The second-order valence-electron chi connectivity index (χ2n) is 4.71. The minimum absolute atomic E-state index is 0.0660. The normalized spacial score (nSPS) is 26.2. The van der Waals surface area contributed by atoms with Crippen molar-refractivity contribution in [1.82, 2.24) is 15.1 Å². The number of likely N-dealkylation sites (tertiary alicyclic amines) is 1. The zero-order chi connectivity index (χ0) is 12.1. The van der Waals surface area contributed by atoms with E-state index in [2.05, 4.69) is 17.1 Å². The monoisotopic (exact) mass is 241 g/mol. The van der Waals surface area contributed by atoms with E-state index in [0.29, 0.717) is 32.3 Å². The Morgan fingerprint density at radius 2 is 2.12 bits per heavy atom. The summed E-state index contributed by atoms with van der Waals surface area (Å²) in [4.78, 5) is 16.2. The fourth-order valence-corrected chi connectivity index (χ4v) is 2.63. The second kappa shape index (κ2) is 6.21. The average Bonchev–Trinajstić information content (AvgIpc) is 2.84. The Morgan fingerprint density at radius 3 is 2.82 bits per heavy atom. The Kier molecular flexibility index (Phi) is 4.62. The molecule has 0 aromatic rings. The molecule has 0 spiro atoms. The van der Waals surface area contributed by atoms with Crippen molar-refractivity contribution in [3.8, 4) is 0 Å². The lowest BCUT2D eigenvalue weighted by Gasteiger charge is -2.29. The van der Waals surface area contributed by atoms with Gasteiger partial charge < -0.3 is 15.0 Å². The third kappa shape index (κ3) is 3.33. The molecule has 2 rings (SSSR count). The van der Waals surface area contributed by atoms with Gasteiger partial charge in [-0.1, -0.05) is 6.92 Å². The van der Waals surface area contributed by atoms with E-state index in [0.717, 1.165) is 13.1 Å². The first kappa shape index (κ1) is 12.6. The number of urea groups is 1. The van der Waals surface area contributed by atoms with E-state index in [-0.39, 0.29) is 6.03 Å². The molecule has 1 unspecified atom stereocenters. The first-order chi connectivity index (χ1) is 8.31. The van der Waals surface area contributed by atoms with Crippen molar-refractivity contribution in [1.29, 1.82) is 0 Å². The molecule has 0 aromatic carbocycles. The highest BCUT2D eigenvalue weighted by Crippen LogP contribution is 2.15. The highest BCUT2D eigenvalue weighted by Gasteiger charge is 2.24. The minimum atomic E-state index is 0.0660. The molecule has 2 heterocycles. The minimum Gasteiger partial charge on any atom is -0.378 e. The maximum absolute atomic E-state index is 11.9. The third-order valence-corrected chi connectivity index (χ3v) is 3.69. The predicted molar refractivity (Wildman–Crippen MR) is 66.1 cm³/mol. The zero-order valence-corrected chi connectivity index (χ0v) is 10.7. The molecule has 2 saturated heterocycles. The average molecular weight is 241 g/mol. The van der Waals surface area contributed by atoms with Crippen molar-refractivity contribution < 1.29 is 9.53 Å². The maximum atomic E-state index is 11.9. The first-order valence-electron chi connectivity index (χ1n) is 6.66. The van der Waals surface area contributed by atoms with Crippen LogP contribution in [0.15, 0.2) is 0 Å². The van der Waals surface area contributed by atoms with Gasteiger partial charge in [0.05, 0.1) is 13.2 Å². The van der Waals surface area contributed by atoms with Crippen molar-refractivity contribution in [3.63, 3.8) is 0 Å². The van der Waals surface area contributed by atoms with Gasteiger partial charge in [0.1, 0.15) is 0 Å². The number of rotatable bonds is 3. The number of nitrogens with one attached hydrogen (secondary N) is 1. The van der Waals surface area contributed by atoms with Gasteiger partial charge in [-0.15, -0.1) is 0 Å². The molecule has 2 aliphatic heterocycles. The highest BCUT2D eigenvalue weighted by atomic mass is 16.5. The Morgan fingerprint density at radius 1 is 1.35 bits per heavy atom. The molecule has 2 fully saturated rings. The van der Waals surface area contributed by atoms with Gasteiger partial charge in [0.15, 0.2) is 0 Å². The standard InChI is InChI=1S/C12H23N3O2/c1-2-14-5-3-4-11(14)10-13-12(16)15-6-8-17-9-7-15/h11H,2-10H2,1H3,(H,13,16). The Balaban J connectivity index is 1.71. The summed E-state index contributed by atoms with van der Waals surface area (Å²) in [6, 6.07) is 0.598. The number of morpholine rings is 1. The molecule has 1 atom stereocenters. The molecule has 5 heteroatoms. The molecular formula is C12H23N3O2. The number of ether oxygens (including phenoxy) is 1.